The predicted octanol–water partition coefficient (Wildman–Crippen LogP) is 4.44. The van der Waals surface area contributed by atoms with Gasteiger partial charge in [-0.15, -0.1) is 12.4 Å². The van der Waals surface area contributed by atoms with Crippen molar-refractivity contribution in [2.24, 2.45) is 11.7 Å². The molecule has 0 bridgehead atoms. The van der Waals surface area contributed by atoms with Crippen molar-refractivity contribution in [3.05, 3.63) is 72.4 Å². The number of carbonyl (C=O) groups excluding carboxylic acids is 1. The van der Waals surface area contributed by atoms with E-state index in [2.05, 4.69) is 12.1 Å². The van der Waals surface area contributed by atoms with E-state index in [9.17, 15) is 4.79 Å². The van der Waals surface area contributed by atoms with Crippen molar-refractivity contribution in [1.82, 2.24) is 14.7 Å². The second-order valence-corrected chi connectivity index (χ2v) is 7.97. The highest BCUT2D eigenvalue weighted by atomic mass is 35.5. The lowest BCUT2D eigenvalue weighted by Crippen LogP contribution is -2.38. The number of benzene rings is 2. The quantitative estimate of drug-likeness (QED) is 0.658. The van der Waals surface area contributed by atoms with E-state index in [1.54, 1.807) is 0 Å². The molecule has 0 aliphatic heterocycles. The van der Waals surface area contributed by atoms with Gasteiger partial charge in [-0.25, -0.2) is 4.68 Å². The van der Waals surface area contributed by atoms with Crippen LogP contribution in [0.1, 0.15) is 31.2 Å². The summed E-state index contributed by atoms with van der Waals surface area (Å²) in [7, 11) is 1.89. The lowest BCUT2D eigenvalue weighted by Gasteiger charge is -2.29. The van der Waals surface area contributed by atoms with Crippen LogP contribution in [-0.4, -0.2) is 33.7 Å². The molecule has 4 rings (SSSR count). The third-order valence-corrected chi connectivity index (χ3v) is 5.71. The number of nitrogens with zero attached hydrogens (tertiary/aromatic N) is 3. The van der Waals surface area contributed by atoms with E-state index in [1.165, 1.54) is 0 Å². The van der Waals surface area contributed by atoms with Gasteiger partial charge in [-0.1, -0.05) is 55.0 Å². The van der Waals surface area contributed by atoms with Crippen LogP contribution in [0.4, 0.5) is 0 Å². The van der Waals surface area contributed by atoms with Crippen LogP contribution in [0.2, 0.25) is 0 Å². The first-order chi connectivity index (χ1) is 14.1. The van der Waals surface area contributed by atoms with E-state index in [4.69, 9.17) is 10.8 Å². The van der Waals surface area contributed by atoms with Gasteiger partial charge in [-0.2, -0.15) is 5.10 Å². The van der Waals surface area contributed by atoms with Gasteiger partial charge in [0.25, 0.3) is 0 Å². The molecule has 0 radical (unpaired) electrons. The molecule has 1 heterocycles. The van der Waals surface area contributed by atoms with Crippen LogP contribution in [0.15, 0.2) is 66.9 Å². The summed E-state index contributed by atoms with van der Waals surface area (Å²) in [6.07, 6.45) is 5.82. The monoisotopic (exact) mass is 424 g/mol. The van der Waals surface area contributed by atoms with E-state index in [0.29, 0.717) is 6.54 Å². The van der Waals surface area contributed by atoms with Gasteiger partial charge in [-0.3, -0.25) is 4.79 Å². The minimum Gasteiger partial charge on any atom is -0.341 e. The molecule has 2 aromatic carbocycles. The fourth-order valence-electron chi connectivity index (χ4n) is 4.17. The summed E-state index contributed by atoms with van der Waals surface area (Å²) in [6.45, 7) is 0.529. The molecule has 1 aromatic heterocycles. The Morgan fingerprint density at radius 3 is 2.43 bits per heavy atom. The van der Waals surface area contributed by atoms with Crippen molar-refractivity contribution in [2.75, 3.05) is 7.05 Å². The SMILES string of the molecule is CN(Cc1cn(-c2ccccc2)nc1-c1ccccc1)C(=O)C1CCCC(N)C1.Cl. The zero-order valence-electron chi connectivity index (χ0n) is 17.3. The first kappa shape index (κ1) is 22.1. The predicted molar refractivity (Wildman–Crippen MR) is 123 cm³/mol. The normalized spacial score (nSPS) is 18.5. The molecule has 2 N–H and O–H groups in total. The Morgan fingerprint density at radius 2 is 1.77 bits per heavy atom. The van der Waals surface area contributed by atoms with E-state index >= 15 is 0 Å². The van der Waals surface area contributed by atoms with Crippen LogP contribution in [-0.2, 0) is 11.3 Å². The Bertz CT molecular complexity index is 958. The van der Waals surface area contributed by atoms with Crippen molar-refractivity contribution < 1.29 is 4.79 Å². The minimum absolute atomic E-state index is 0. The van der Waals surface area contributed by atoms with Gasteiger partial charge in [0.2, 0.25) is 5.91 Å². The molecule has 1 aliphatic carbocycles. The maximum absolute atomic E-state index is 13.0. The second kappa shape index (κ2) is 9.92. The van der Waals surface area contributed by atoms with Gasteiger partial charge in [0.05, 0.1) is 11.4 Å². The summed E-state index contributed by atoms with van der Waals surface area (Å²) in [6, 6.07) is 20.3. The molecule has 158 valence electrons. The average Bonchev–Trinajstić information content (AvgIpc) is 3.18. The number of para-hydroxylation sites is 1. The molecule has 2 atom stereocenters. The number of amides is 1. The lowest BCUT2D eigenvalue weighted by molar-refractivity contribution is -0.135. The highest BCUT2D eigenvalue weighted by Gasteiger charge is 2.28. The van der Waals surface area contributed by atoms with E-state index < -0.39 is 0 Å². The van der Waals surface area contributed by atoms with Gasteiger partial charge >= 0.3 is 0 Å². The molecule has 30 heavy (non-hydrogen) atoms. The Morgan fingerprint density at radius 1 is 1.10 bits per heavy atom. The summed E-state index contributed by atoms with van der Waals surface area (Å²) >= 11 is 0. The number of aromatic nitrogens is 2. The summed E-state index contributed by atoms with van der Waals surface area (Å²) < 4.78 is 1.90. The lowest BCUT2D eigenvalue weighted by atomic mass is 9.85. The summed E-state index contributed by atoms with van der Waals surface area (Å²) in [5, 5.41) is 4.85. The number of hydrogen-bond donors (Lipinski definition) is 1. The number of carbonyl (C=O) groups is 1. The first-order valence-corrected chi connectivity index (χ1v) is 10.3. The Hall–Kier alpha value is -2.63. The van der Waals surface area contributed by atoms with Crippen LogP contribution in [0.5, 0.6) is 0 Å². The van der Waals surface area contributed by atoms with Crippen LogP contribution in [0, 0.1) is 5.92 Å². The zero-order valence-corrected chi connectivity index (χ0v) is 18.1. The van der Waals surface area contributed by atoms with Crippen molar-refractivity contribution >= 4 is 18.3 Å². The Labute approximate surface area is 184 Å². The highest BCUT2D eigenvalue weighted by Crippen LogP contribution is 2.28. The molecular weight excluding hydrogens is 396 g/mol. The molecule has 0 spiro atoms. The maximum atomic E-state index is 13.0. The largest absolute Gasteiger partial charge is 0.341 e. The van der Waals surface area contributed by atoms with Crippen molar-refractivity contribution in [2.45, 2.75) is 38.3 Å². The average molecular weight is 425 g/mol. The molecule has 6 heteroatoms. The van der Waals surface area contributed by atoms with Gasteiger partial charge in [-0.05, 0) is 31.4 Å². The van der Waals surface area contributed by atoms with Crippen LogP contribution in [0.25, 0.3) is 16.9 Å². The third kappa shape index (κ3) is 4.91. The molecule has 1 saturated carbocycles. The molecule has 0 saturated heterocycles. The summed E-state index contributed by atoms with van der Waals surface area (Å²) in [5.41, 5.74) is 10.1. The van der Waals surface area contributed by atoms with E-state index in [1.807, 2.05) is 71.4 Å². The first-order valence-electron chi connectivity index (χ1n) is 10.3. The molecule has 2 unspecified atom stereocenters. The van der Waals surface area contributed by atoms with Crippen molar-refractivity contribution in [3.63, 3.8) is 0 Å². The standard InChI is InChI=1S/C24H28N4O.ClH/c1-27(24(29)19-11-8-12-21(25)15-19)16-20-17-28(22-13-6-3-7-14-22)26-23(20)18-9-4-2-5-10-18;/h2-7,9-10,13-14,17,19,21H,8,11-12,15-16,25H2,1H3;1H. The van der Waals surface area contributed by atoms with E-state index in [-0.39, 0.29) is 30.3 Å². The Kier molecular flexibility index (Phi) is 7.29. The highest BCUT2D eigenvalue weighted by molar-refractivity contribution is 5.85. The van der Waals surface area contributed by atoms with Gasteiger partial charge in [0.15, 0.2) is 0 Å². The van der Waals surface area contributed by atoms with Gasteiger partial charge in [0, 0.05) is 42.9 Å². The number of nitrogens with two attached hydrogens (primary N) is 1. The van der Waals surface area contributed by atoms with Crippen molar-refractivity contribution in [1.29, 1.82) is 0 Å². The number of rotatable bonds is 5. The second-order valence-electron chi connectivity index (χ2n) is 7.97. The molecule has 5 nitrogen and oxygen atoms in total. The zero-order chi connectivity index (χ0) is 20.2. The molecule has 3 aromatic rings. The fraction of sp³-hybridized carbons (Fsp3) is 0.333. The molecule has 1 fully saturated rings. The number of halogens is 1. The summed E-state index contributed by atoms with van der Waals surface area (Å²) in [5.74, 6) is 0.222. The van der Waals surface area contributed by atoms with Gasteiger partial charge in [0.1, 0.15) is 0 Å². The van der Waals surface area contributed by atoms with E-state index in [0.717, 1.165) is 48.2 Å². The van der Waals surface area contributed by atoms with Crippen molar-refractivity contribution in [3.8, 4) is 16.9 Å². The van der Waals surface area contributed by atoms with Crippen LogP contribution < -0.4 is 5.73 Å². The topological polar surface area (TPSA) is 64.2 Å². The number of hydrogen-bond acceptors (Lipinski definition) is 3. The fourth-order valence-corrected chi connectivity index (χ4v) is 4.17. The Balaban J connectivity index is 0.00000256. The molecular formula is C24H29ClN4O. The van der Waals surface area contributed by atoms with Crippen LogP contribution >= 0.6 is 12.4 Å². The summed E-state index contributed by atoms with van der Waals surface area (Å²) in [4.78, 5) is 14.9. The third-order valence-electron chi connectivity index (χ3n) is 5.71. The maximum Gasteiger partial charge on any atom is 0.225 e. The molecule has 1 amide bonds. The minimum atomic E-state index is 0. The van der Waals surface area contributed by atoms with Gasteiger partial charge < -0.3 is 10.6 Å². The molecule has 1 aliphatic rings. The van der Waals surface area contributed by atoms with Crippen LogP contribution in [0.3, 0.4) is 0 Å². The smallest absolute Gasteiger partial charge is 0.225 e.